The lowest BCUT2D eigenvalue weighted by Crippen LogP contribution is -2.45. The number of para-hydroxylation sites is 1. The van der Waals surface area contributed by atoms with E-state index in [1.165, 1.54) is 12.1 Å². The normalized spacial score (nSPS) is 13.7. The van der Waals surface area contributed by atoms with Crippen LogP contribution >= 0.6 is 0 Å². The third kappa shape index (κ3) is 9.65. The molecule has 0 aliphatic heterocycles. The van der Waals surface area contributed by atoms with Gasteiger partial charge in [0.05, 0.1) is 18.6 Å². The van der Waals surface area contributed by atoms with Gasteiger partial charge in [0, 0.05) is 47.7 Å². The molecule has 0 saturated carbocycles. The fourth-order valence-corrected chi connectivity index (χ4v) is 4.96. The van der Waals surface area contributed by atoms with Crippen molar-refractivity contribution in [3.8, 4) is 11.1 Å². The molecule has 3 atom stereocenters. The second-order valence-corrected chi connectivity index (χ2v) is 10.9. The molecule has 0 unspecified atom stereocenters. The number of carbonyl (C=O) groups is 2. The molecule has 232 valence electrons. The van der Waals surface area contributed by atoms with Crippen molar-refractivity contribution < 1.29 is 24.2 Å². The lowest BCUT2D eigenvalue weighted by molar-refractivity contribution is -0.129. The van der Waals surface area contributed by atoms with E-state index in [0.29, 0.717) is 25.9 Å². The Morgan fingerprint density at radius 3 is 2.42 bits per heavy atom. The number of fused-ring (bicyclic) bond motifs is 1. The molecule has 11 heteroatoms. The molecule has 2 aromatic carbocycles. The molecule has 43 heavy (non-hydrogen) atoms. The topological polar surface area (TPSA) is 168 Å². The summed E-state index contributed by atoms with van der Waals surface area (Å²) < 4.78 is 15.8. The summed E-state index contributed by atoms with van der Waals surface area (Å²) in [5.74, 6) is -1.15. The minimum atomic E-state index is -1.13. The smallest absolute Gasteiger partial charge is 0.242 e. The quantitative estimate of drug-likeness (QED) is 0.0897. The minimum Gasteiger partial charge on any atom is -0.392 e. The molecule has 0 radical (unpaired) electrons. The van der Waals surface area contributed by atoms with Crippen molar-refractivity contribution in [2.75, 3.05) is 13.1 Å². The van der Waals surface area contributed by atoms with Crippen molar-refractivity contribution in [3.05, 3.63) is 66.1 Å². The molecule has 0 spiro atoms. The van der Waals surface area contributed by atoms with Gasteiger partial charge in [-0.05, 0) is 63.5 Å². The number of aliphatic hydroxyl groups is 2. The number of halogens is 1. The highest BCUT2D eigenvalue weighted by atomic mass is 19.1. The van der Waals surface area contributed by atoms with E-state index in [9.17, 15) is 24.2 Å². The van der Waals surface area contributed by atoms with Crippen LogP contribution in [0.4, 0.5) is 4.39 Å². The number of carbonyl (C=O) groups excluding carboxylic acids is 2. The Morgan fingerprint density at radius 1 is 1.05 bits per heavy atom. The molecule has 0 aliphatic carbocycles. The number of rotatable bonds is 15. The summed E-state index contributed by atoms with van der Waals surface area (Å²) in [7, 11) is 0. The van der Waals surface area contributed by atoms with Crippen molar-refractivity contribution in [2.24, 2.45) is 16.5 Å². The van der Waals surface area contributed by atoms with E-state index in [1.54, 1.807) is 31.2 Å². The summed E-state index contributed by atoms with van der Waals surface area (Å²) in [4.78, 5) is 28.6. The fraction of sp³-hybridized carbons (Fsp3) is 0.406. The number of hydrogen-bond donors (Lipinski definition) is 6. The molecular weight excluding hydrogens is 551 g/mol. The Kier molecular flexibility index (Phi) is 12.3. The van der Waals surface area contributed by atoms with Crippen molar-refractivity contribution in [2.45, 2.75) is 70.7 Å². The van der Waals surface area contributed by atoms with Crippen LogP contribution in [0.2, 0.25) is 0 Å². The molecule has 3 aromatic rings. The van der Waals surface area contributed by atoms with Gasteiger partial charge in [-0.15, -0.1) is 0 Å². The van der Waals surface area contributed by atoms with E-state index in [0.717, 1.165) is 27.7 Å². The van der Waals surface area contributed by atoms with Crippen molar-refractivity contribution >= 4 is 34.8 Å². The predicted molar refractivity (Wildman–Crippen MR) is 169 cm³/mol. The van der Waals surface area contributed by atoms with Crippen LogP contribution in [0, 0.1) is 5.82 Å². The predicted octanol–water partition coefficient (Wildman–Crippen LogP) is 3.22. The Bertz CT molecular complexity index is 1430. The summed E-state index contributed by atoms with van der Waals surface area (Å²) in [6.45, 7) is 6.57. The highest BCUT2D eigenvalue weighted by Crippen LogP contribution is 2.38. The maximum absolute atomic E-state index is 13.7. The van der Waals surface area contributed by atoms with E-state index in [1.807, 2.05) is 24.3 Å². The number of unbranched alkanes of at least 4 members (excludes halogenated alkanes) is 1. The van der Waals surface area contributed by atoms with Gasteiger partial charge in [-0.25, -0.2) is 4.39 Å². The summed E-state index contributed by atoms with van der Waals surface area (Å²) >= 11 is 0. The Hall–Kier alpha value is -4.22. The summed E-state index contributed by atoms with van der Waals surface area (Å²) in [5, 5.41) is 27.5. The molecule has 0 bridgehead atoms. The van der Waals surface area contributed by atoms with Crippen LogP contribution in [0.15, 0.2) is 59.6 Å². The molecule has 0 fully saturated rings. The first-order valence-corrected chi connectivity index (χ1v) is 14.5. The number of amides is 2. The number of guanidine groups is 1. The third-order valence-corrected chi connectivity index (χ3v) is 6.96. The van der Waals surface area contributed by atoms with Gasteiger partial charge in [-0.3, -0.25) is 14.6 Å². The van der Waals surface area contributed by atoms with Gasteiger partial charge in [0.15, 0.2) is 5.96 Å². The molecule has 0 saturated heterocycles. The first-order chi connectivity index (χ1) is 20.5. The highest BCUT2D eigenvalue weighted by molar-refractivity contribution is 6.01. The lowest BCUT2D eigenvalue weighted by atomic mass is 10.0. The number of hydrogen-bond acceptors (Lipinski definition) is 5. The number of aliphatic imine (C=N–C) groups is 1. The van der Waals surface area contributed by atoms with E-state index in [4.69, 9.17) is 11.5 Å². The van der Waals surface area contributed by atoms with Gasteiger partial charge >= 0.3 is 0 Å². The molecule has 8 N–H and O–H groups in total. The van der Waals surface area contributed by atoms with E-state index < -0.39 is 24.2 Å². The second kappa shape index (κ2) is 15.9. The van der Waals surface area contributed by atoms with Crippen LogP contribution < -0.4 is 22.1 Å². The Balaban J connectivity index is 1.61. The summed E-state index contributed by atoms with van der Waals surface area (Å²) in [6, 6.07) is 13.5. The van der Waals surface area contributed by atoms with Gasteiger partial charge in [-0.1, -0.05) is 36.4 Å². The Morgan fingerprint density at radius 2 is 1.74 bits per heavy atom. The largest absolute Gasteiger partial charge is 0.392 e. The van der Waals surface area contributed by atoms with Gasteiger partial charge in [0.25, 0.3) is 0 Å². The average molecular weight is 595 g/mol. The van der Waals surface area contributed by atoms with E-state index >= 15 is 0 Å². The van der Waals surface area contributed by atoms with E-state index in [2.05, 4.69) is 34.0 Å². The van der Waals surface area contributed by atoms with Gasteiger partial charge in [0.2, 0.25) is 11.8 Å². The van der Waals surface area contributed by atoms with Crippen molar-refractivity contribution in [3.63, 3.8) is 0 Å². The monoisotopic (exact) mass is 594 g/mol. The fourth-order valence-electron chi connectivity index (χ4n) is 4.96. The molecule has 3 rings (SSSR count). The van der Waals surface area contributed by atoms with Crippen LogP contribution in [0.3, 0.4) is 0 Å². The zero-order valence-electron chi connectivity index (χ0n) is 25.0. The standard InChI is InChI=1S/C32H43FN6O4/c1-20(2)39-27-9-5-4-8-26(27)30(22-10-12-23(33)13-11-22)28(39)15-14-24(40)18-25(41)19-29(42)38-21(3)31(43)36-16-6-7-17-37-32(34)35/h4-5,8-15,20-21,24-25,40-41H,6-7,16-19H2,1-3H3,(H,36,43)(H,38,42)(H4,34,35,37)/t21-,24-,25-/m0/s1. The molecule has 1 heterocycles. The number of nitrogens with two attached hydrogens (primary N) is 2. The lowest BCUT2D eigenvalue weighted by Gasteiger charge is -2.17. The number of nitrogens with one attached hydrogen (secondary N) is 2. The highest BCUT2D eigenvalue weighted by Gasteiger charge is 2.21. The van der Waals surface area contributed by atoms with E-state index in [-0.39, 0.29) is 36.6 Å². The number of nitrogens with zero attached hydrogens (tertiary/aromatic N) is 2. The maximum atomic E-state index is 13.7. The first-order valence-electron chi connectivity index (χ1n) is 14.5. The molecule has 2 amide bonds. The molecule has 1 aromatic heterocycles. The maximum Gasteiger partial charge on any atom is 0.242 e. The average Bonchev–Trinajstić information content (AvgIpc) is 3.28. The van der Waals surface area contributed by atoms with Gasteiger partial charge in [0.1, 0.15) is 11.9 Å². The molecule has 10 nitrogen and oxygen atoms in total. The zero-order valence-corrected chi connectivity index (χ0v) is 25.0. The van der Waals surface area contributed by atoms with Crippen molar-refractivity contribution in [1.82, 2.24) is 15.2 Å². The SMILES string of the molecule is CC(C)n1c(C=C[C@H](O)C[C@H](O)CC(=O)N[C@@H](C)C(=O)NCCCCN=C(N)N)c(-c2ccc(F)cc2)c2ccccc21. The first kappa shape index (κ1) is 33.3. The van der Waals surface area contributed by atoms with Crippen LogP contribution in [0.1, 0.15) is 58.2 Å². The molecule has 0 aliphatic rings. The van der Waals surface area contributed by atoms with Gasteiger partial charge < -0.3 is 36.9 Å². The zero-order chi connectivity index (χ0) is 31.5. The third-order valence-electron chi connectivity index (χ3n) is 6.96. The number of aliphatic hydroxyl groups excluding tert-OH is 2. The summed E-state index contributed by atoms with van der Waals surface area (Å²) in [5.41, 5.74) is 14.1. The number of benzene rings is 2. The van der Waals surface area contributed by atoms with Crippen LogP contribution in [-0.4, -0.2) is 63.9 Å². The van der Waals surface area contributed by atoms with Crippen molar-refractivity contribution in [1.29, 1.82) is 0 Å². The molecular formula is C32H43FN6O4. The minimum absolute atomic E-state index is 0.0251. The number of aromatic nitrogens is 1. The van der Waals surface area contributed by atoms with Crippen LogP contribution in [0.5, 0.6) is 0 Å². The van der Waals surface area contributed by atoms with Gasteiger partial charge in [-0.2, -0.15) is 0 Å². The van der Waals surface area contributed by atoms with Crippen LogP contribution in [-0.2, 0) is 9.59 Å². The Labute approximate surface area is 251 Å². The summed E-state index contributed by atoms with van der Waals surface area (Å²) in [6.07, 6.45) is 2.26. The second-order valence-electron chi connectivity index (χ2n) is 10.9. The van der Waals surface area contributed by atoms with Crippen LogP contribution in [0.25, 0.3) is 28.1 Å².